The van der Waals surface area contributed by atoms with Crippen molar-refractivity contribution in [3.05, 3.63) is 35.9 Å². The summed E-state index contributed by atoms with van der Waals surface area (Å²) in [5.74, 6) is -1.90. The van der Waals surface area contributed by atoms with Gasteiger partial charge >= 0.3 is 12.1 Å². The number of carbonyl (C=O) groups excluding carboxylic acids is 2. The summed E-state index contributed by atoms with van der Waals surface area (Å²) in [7, 11) is 0. The zero-order valence-corrected chi connectivity index (χ0v) is 11.7. The number of carboxylic acids is 1. The smallest absolute Gasteiger partial charge is 0.408 e. The summed E-state index contributed by atoms with van der Waals surface area (Å²) in [6.45, 7) is 1.32. The zero-order chi connectivity index (χ0) is 15.9. The van der Waals surface area contributed by atoms with Gasteiger partial charge in [-0.15, -0.1) is 0 Å². The molecule has 0 bridgehead atoms. The van der Waals surface area contributed by atoms with Crippen molar-refractivity contribution in [1.82, 2.24) is 5.32 Å². The van der Waals surface area contributed by atoms with Gasteiger partial charge < -0.3 is 20.9 Å². The summed E-state index contributed by atoms with van der Waals surface area (Å²) in [5.41, 5.74) is 4.16. The first-order valence-corrected chi connectivity index (χ1v) is 6.34. The molecule has 1 rings (SSSR count). The van der Waals surface area contributed by atoms with E-state index in [0.29, 0.717) is 0 Å². The Bertz CT molecular complexity index is 517. The van der Waals surface area contributed by atoms with Crippen LogP contribution in [-0.4, -0.2) is 28.6 Å². The van der Waals surface area contributed by atoms with E-state index in [1.165, 1.54) is 6.92 Å². The Morgan fingerprint density at radius 2 is 1.90 bits per heavy atom. The lowest BCUT2D eigenvalue weighted by Crippen LogP contribution is -2.52. The van der Waals surface area contributed by atoms with Gasteiger partial charge in [-0.3, -0.25) is 4.79 Å². The van der Waals surface area contributed by atoms with E-state index in [2.05, 4.69) is 5.32 Å². The molecule has 0 aliphatic carbocycles. The van der Waals surface area contributed by atoms with Crippen molar-refractivity contribution in [2.75, 3.05) is 0 Å². The van der Waals surface area contributed by atoms with Gasteiger partial charge in [0.25, 0.3) is 0 Å². The number of nitrogens with one attached hydrogen (secondary N) is 1. The molecule has 0 aromatic heterocycles. The predicted molar refractivity (Wildman–Crippen MR) is 74.2 cm³/mol. The maximum atomic E-state index is 11.7. The number of aliphatic carboxylic acids is 1. The van der Waals surface area contributed by atoms with Gasteiger partial charge in [0.1, 0.15) is 12.1 Å². The molecular formula is C14H18N2O5. The van der Waals surface area contributed by atoms with Crippen molar-refractivity contribution in [2.45, 2.75) is 31.9 Å². The number of benzene rings is 1. The highest BCUT2D eigenvalue weighted by atomic mass is 16.5. The lowest BCUT2D eigenvalue weighted by molar-refractivity contribution is -0.144. The van der Waals surface area contributed by atoms with E-state index in [-0.39, 0.29) is 19.4 Å². The fourth-order valence-electron chi connectivity index (χ4n) is 1.58. The second kappa shape index (κ2) is 7.28. The van der Waals surface area contributed by atoms with Crippen LogP contribution in [0.5, 0.6) is 0 Å². The molecule has 0 radical (unpaired) electrons. The molecule has 7 nitrogen and oxygen atoms in total. The highest BCUT2D eigenvalue weighted by molar-refractivity contribution is 5.85. The minimum atomic E-state index is -1.61. The second-order valence-corrected chi connectivity index (χ2v) is 4.79. The van der Waals surface area contributed by atoms with E-state index in [1.54, 1.807) is 24.3 Å². The second-order valence-electron chi connectivity index (χ2n) is 4.79. The summed E-state index contributed by atoms with van der Waals surface area (Å²) in [6.07, 6.45) is -1.13. The van der Waals surface area contributed by atoms with Gasteiger partial charge in [0.2, 0.25) is 5.91 Å². The fourth-order valence-corrected chi connectivity index (χ4v) is 1.58. The molecule has 0 unspecified atom stereocenters. The molecule has 0 saturated heterocycles. The maximum Gasteiger partial charge on any atom is 0.408 e. The fraction of sp³-hybridized carbons (Fsp3) is 0.357. The van der Waals surface area contributed by atoms with Crippen molar-refractivity contribution < 1.29 is 24.2 Å². The van der Waals surface area contributed by atoms with Gasteiger partial charge in [-0.2, -0.15) is 0 Å². The number of carboxylic acid groups (broad SMARTS) is 1. The van der Waals surface area contributed by atoms with Gasteiger partial charge in [-0.25, -0.2) is 9.59 Å². The molecular weight excluding hydrogens is 276 g/mol. The SMILES string of the molecule is C[C@](CCC(N)=O)(NC(=O)OCc1ccccc1)C(=O)O. The highest BCUT2D eigenvalue weighted by Crippen LogP contribution is 2.13. The minimum absolute atomic E-state index is 0.0260. The quantitative estimate of drug-likeness (QED) is 0.693. The molecule has 2 amide bonds. The van der Waals surface area contributed by atoms with Crippen LogP contribution in [0.1, 0.15) is 25.3 Å². The molecule has 0 heterocycles. The summed E-state index contributed by atoms with van der Waals surface area (Å²) < 4.78 is 4.95. The van der Waals surface area contributed by atoms with Crippen LogP contribution in [0.15, 0.2) is 30.3 Å². The van der Waals surface area contributed by atoms with Gasteiger partial charge in [0, 0.05) is 6.42 Å². The highest BCUT2D eigenvalue weighted by Gasteiger charge is 2.35. The zero-order valence-electron chi connectivity index (χ0n) is 11.7. The van der Waals surface area contributed by atoms with E-state index < -0.39 is 23.5 Å². The van der Waals surface area contributed by atoms with Crippen molar-refractivity contribution in [3.63, 3.8) is 0 Å². The first-order valence-electron chi connectivity index (χ1n) is 6.34. The number of rotatable bonds is 7. The van der Waals surface area contributed by atoms with E-state index in [9.17, 15) is 14.4 Å². The first kappa shape index (κ1) is 16.5. The number of hydrogen-bond donors (Lipinski definition) is 3. The Kier molecular flexibility index (Phi) is 5.71. The van der Waals surface area contributed by atoms with E-state index in [4.69, 9.17) is 15.6 Å². The average molecular weight is 294 g/mol. The third kappa shape index (κ3) is 5.52. The molecule has 0 spiro atoms. The molecule has 4 N–H and O–H groups in total. The number of alkyl carbamates (subject to hydrolysis) is 1. The van der Waals surface area contributed by atoms with Crippen LogP contribution in [0.2, 0.25) is 0 Å². The van der Waals surface area contributed by atoms with Crippen molar-refractivity contribution in [1.29, 1.82) is 0 Å². The third-order valence-electron chi connectivity index (χ3n) is 2.93. The van der Waals surface area contributed by atoms with Gasteiger partial charge in [-0.05, 0) is 18.9 Å². The number of ether oxygens (including phenoxy) is 1. The van der Waals surface area contributed by atoms with Gasteiger partial charge in [0.05, 0.1) is 0 Å². The van der Waals surface area contributed by atoms with Crippen LogP contribution in [0.3, 0.4) is 0 Å². The summed E-state index contributed by atoms with van der Waals surface area (Å²) in [4.78, 5) is 33.6. The predicted octanol–water partition coefficient (Wildman–Crippen LogP) is 1.02. The van der Waals surface area contributed by atoms with Crippen molar-refractivity contribution in [2.24, 2.45) is 5.73 Å². The van der Waals surface area contributed by atoms with Crippen LogP contribution in [-0.2, 0) is 20.9 Å². The topological polar surface area (TPSA) is 119 Å². The van der Waals surface area contributed by atoms with Crippen LogP contribution >= 0.6 is 0 Å². The molecule has 0 aliphatic rings. The maximum absolute atomic E-state index is 11.7. The largest absolute Gasteiger partial charge is 0.480 e. The minimum Gasteiger partial charge on any atom is -0.480 e. The van der Waals surface area contributed by atoms with Crippen LogP contribution in [0, 0.1) is 0 Å². The van der Waals surface area contributed by atoms with E-state index in [1.807, 2.05) is 6.07 Å². The lowest BCUT2D eigenvalue weighted by Gasteiger charge is -2.25. The molecule has 0 fully saturated rings. The van der Waals surface area contributed by atoms with Crippen molar-refractivity contribution in [3.8, 4) is 0 Å². The molecule has 1 aromatic carbocycles. The number of primary amides is 1. The van der Waals surface area contributed by atoms with Gasteiger partial charge in [0.15, 0.2) is 0 Å². The lowest BCUT2D eigenvalue weighted by atomic mass is 9.96. The Hall–Kier alpha value is -2.57. The number of amides is 2. The van der Waals surface area contributed by atoms with Crippen LogP contribution in [0.25, 0.3) is 0 Å². The van der Waals surface area contributed by atoms with E-state index in [0.717, 1.165) is 5.56 Å². The molecule has 0 aliphatic heterocycles. The summed E-state index contributed by atoms with van der Waals surface area (Å²) >= 11 is 0. The summed E-state index contributed by atoms with van der Waals surface area (Å²) in [5, 5.41) is 11.4. The Balaban J connectivity index is 2.56. The van der Waals surface area contributed by atoms with E-state index >= 15 is 0 Å². The van der Waals surface area contributed by atoms with Crippen LogP contribution in [0.4, 0.5) is 4.79 Å². The number of nitrogens with two attached hydrogens (primary N) is 1. The number of hydrogen-bond acceptors (Lipinski definition) is 4. The Labute approximate surface area is 122 Å². The van der Waals surface area contributed by atoms with Gasteiger partial charge in [-0.1, -0.05) is 30.3 Å². The Morgan fingerprint density at radius 1 is 1.29 bits per heavy atom. The molecule has 114 valence electrons. The Morgan fingerprint density at radius 3 is 2.43 bits per heavy atom. The third-order valence-corrected chi connectivity index (χ3v) is 2.93. The molecule has 7 heteroatoms. The standard InChI is InChI=1S/C14H18N2O5/c1-14(12(18)19,8-7-11(15)17)16-13(20)21-9-10-5-3-2-4-6-10/h2-6H,7-9H2,1H3,(H2,15,17)(H,16,20)(H,18,19)/t14-/m1/s1. The van der Waals surface area contributed by atoms with Crippen molar-refractivity contribution >= 4 is 18.0 Å². The summed E-state index contributed by atoms with van der Waals surface area (Å²) in [6, 6.07) is 8.97. The first-order chi connectivity index (χ1) is 9.83. The molecule has 0 saturated carbocycles. The molecule has 21 heavy (non-hydrogen) atoms. The number of carbonyl (C=O) groups is 3. The normalized spacial score (nSPS) is 13.0. The monoisotopic (exact) mass is 294 g/mol. The average Bonchev–Trinajstić information content (AvgIpc) is 2.44. The molecule has 1 aromatic rings. The van der Waals surface area contributed by atoms with Crippen LogP contribution < -0.4 is 11.1 Å². The molecule has 1 atom stereocenters.